The molecule has 1 aliphatic heterocycles. The SMILES string of the molecule is Cc1cccc(CN2CCc3ccc(O[C@H](C)C(=O)NCCN(C)C)cc3[C@H]2c2ccccc2)c1. The fourth-order valence-corrected chi connectivity index (χ4v) is 4.76. The molecule has 1 N–H and O–H groups in total. The number of carbonyl (C=O) groups is 1. The first-order valence-electron chi connectivity index (χ1n) is 12.5. The van der Waals surface area contributed by atoms with Gasteiger partial charge >= 0.3 is 0 Å². The summed E-state index contributed by atoms with van der Waals surface area (Å²) >= 11 is 0. The Morgan fingerprint density at radius 3 is 2.63 bits per heavy atom. The van der Waals surface area contributed by atoms with Crippen molar-refractivity contribution in [3.8, 4) is 5.75 Å². The van der Waals surface area contributed by atoms with Crippen LogP contribution in [0.4, 0.5) is 0 Å². The number of carbonyl (C=O) groups excluding carboxylic acids is 1. The van der Waals surface area contributed by atoms with Crippen molar-refractivity contribution in [2.75, 3.05) is 33.7 Å². The van der Waals surface area contributed by atoms with Crippen molar-refractivity contribution in [1.82, 2.24) is 15.1 Å². The van der Waals surface area contributed by atoms with Gasteiger partial charge in [0, 0.05) is 26.2 Å². The van der Waals surface area contributed by atoms with E-state index in [1.807, 2.05) is 32.0 Å². The predicted molar refractivity (Wildman–Crippen MR) is 142 cm³/mol. The van der Waals surface area contributed by atoms with Crippen LogP contribution in [0.5, 0.6) is 5.75 Å². The number of nitrogens with zero attached hydrogens (tertiary/aromatic N) is 2. The summed E-state index contributed by atoms with van der Waals surface area (Å²) in [4.78, 5) is 17.1. The topological polar surface area (TPSA) is 44.8 Å². The van der Waals surface area contributed by atoms with Crippen LogP contribution in [0.2, 0.25) is 0 Å². The zero-order valence-corrected chi connectivity index (χ0v) is 21.3. The van der Waals surface area contributed by atoms with Crippen LogP contribution >= 0.6 is 0 Å². The van der Waals surface area contributed by atoms with E-state index in [4.69, 9.17) is 4.74 Å². The molecule has 0 radical (unpaired) electrons. The quantitative estimate of drug-likeness (QED) is 0.496. The van der Waals surface area contributed by atoms with Crippen LogP contribution in [0.3, 0.4) is 0 Å². The molecule has 0 bridgehead atoms. The smallest absolute Gasteiger partial charge is 0.260 e. The molecule has 3 aromatic carbocycles. The van der Waals surface area contributed by atoms with E-state index in [1.54, 1.807) is 0 Å². The number of hydrogen-bond donors (Lipinski definition) is 1. The Morgan fingerprint density at radius 1 is 1.09 bits per heavy atom. The van der Waals surface area contributed by atoms with Crippen molar-refractivity contribution in [3.63, 3.8) is 0 Å². The molecule has 184 valence electrons. The summed E-state index contributed by atoms with van der Waals surface area (Å²) < 4.78 is 6.11. The van der Waals surface area contributed by atoms with E-state index in [0.29, 0.717) is 6.54 Å². The molecule has 5 heteroatoms. The predicted octanol–water partition coefficient (Wildman–Crippen LogP) is 4.59. The standard InChI is InChI=1S/C30H37N3O2/c1-22-9-8-10-24(19-22)21-33-17-15-25-13-14-27(35-23(2)30(34)31-16-18-32(3)4)20-28(25)29(33)26-11-6-5-7-12-26/h5-14,19-20,23,29H,15-18,21H2,1-4H3,(H,31,34)/t23-,29-/m1/s1. The number of benzene rings is 3. The first kappa shape index (κ1) is 25.0. The molecule has 0 spiro atoms. The molecular weight excluding hydrogens is 434 g/mol. The Hall–Kier alpha value is -3.15. The van der Waals surface area contributed by atoms with Crippen molar-refractivity contribution >= 4 is 5.91 Å². The summed E-state index contributed by atoms with van der Waals surface area (Å²) in [5, 5.41) is 2.96. The summed E-state index contributed by atoms with van der Waals surface area (Å²) in [5.41, 5.74) is 6.48. The molecule has 3 aromatic rings. The van der Waals surface area contributed by atoms with Crippen LogP contribution in [0.1, 0.15) is 40.8 Å². The van der Waals surface area contributed by atoms with Gasteiger partial charge in [0.2, 0.25) is 0 Å². The Morgan fingerprint density at radius 2 is 1.89 bits per heavy atom. The van der Waals surface area contributed by atoms with E-state index in [2.05, 4.69) is 83.9 Å². The number of likely N-dealkylation sites (N-methyl/N-ethyl adjacent to an activating group) is 1. The van der Waals surface area contributed by atoms with Crippen LogP contribution in [0.25, 0.3) is 0 Å². The third kappa shape index (κ3) is 6.50. The molecule has 35 heavy (non-hydrogen) atoms. The molecule has 5 nitrogen and oxygen atoms in total. The normalized spacial score (nSPS) is 16.5. The Bertz CT molecular complexity index is 1130. The highest BCUT2D eigenvalue weighted by Crippen LogP contribution is 2.38. The lowest BCUT2D eigenvalue weighted by molar-refractivity contribution is -0.127. The van der Waals surface area contributed by atoms with E-state index in [1.165, 1.54) is 27.8 Å². The van der Waals surface area contributed by atoms with Crippen molar-refractivity contribution in [3.05, 3.63) is 101 Å². The lowest BCUT2D eigenvalue weighted by Crippen LogP contribution is -2.39. The molecule has 1 heterocycles. The van der Waals surface area contributed by atoms with Gasteiger partial charge in [-0.2, -0.15) is 0 Å². The van der Waals surface area contributed by atoms with Crippen molar-refractivity contribution in [2.45, 2.75) is 39.0 Å². The van der Waals surface area contributed by atoms with E-state index >= 15 is 0 Å². The van der Waals surface area contributed by atoms with E-state index in [9.17, 15) is 4.79 Å². The molecule has 0 aromatic heterocycles. The van der Waals surface area contributed by atoms with Gasteiger partial charge in [-0.3, -0.25) is 9.69 Å². The van der Waals surface area contributed by atoms with Gasteiger partial charge in [-0.15, -0.1) is 0 Å². The maximum Gasteiger partial charge on any atom is 0.260 e. The van der Waals surface area contributed by atoms with Gasteiger partial charge in [0.25, 0.3) is 5.91 Å². The maximum absolute atomic E-state index is 12.5. The number of amides is 1. The van der Waals surface area contributed by atoms with Crippen LogP contribution < -0.4 is 10.1 Å². The minimum atomic E-state index is -0.558. The lowest BCUT2D eigenvalue weighted by Gasteiger charge is -2.38. The Kier molecular flexibility index (Phi) is 8.21. The minimum absolute atomic E-state index is 0.0924. The maximum atomic E-state index is 12.5. The monoisotopic (exact) mass is 471 g/mol. The Labute approximate surface area is 209 Å². The second-order valence-corrected chi connectivity index (χ2v) is 9.74. The number of aryl methyl sites for hydroxylation is 1. The van der Waals surface area contributed by atoms with Crippen molar-refractivity contribution < 1.29 is 9.53 Å². The summed E-state index contributed by atoms with van der Waals surface area (Å²) in [5.74, 6) is 0.641. The van der Waals surface area contributed by atoms with Gasteiger partial charge in [-0.25, -0.2) is 0 Å². The highest BCUT2D eigenvalue weighted by molar-refractivity contribution is 5.80. The molecule has 1 aliphatic rings. The van der Waals surface area contributed by atoms with Crippen LogP contribution in [0, 0.1) is 6.92 Å². The molecule has 2 atom stereocenters. The van der Waals surface area contributed by atoms with Gasteiger partial charge in [0.1, 0.15) is 5.75 Å². The zero-order valence-electron chi connectivity index (χ0n) is 21.3. The third-order valence-electron chi connectivity index (χ3n) is 6.57. The summed E-state index contributed by atoms with van der Waals surface area (Å²) in [7, 11) is 3.98. The molecule has 1 amide bonds. The molecule has 4 rings (SSSR count). The Balaban J connectivity index is 1.57. The van der Waals surface area contributed by atoms with E-state index in [0.717, 1.165) is 31.8 Å². The van der Waals surface area contributed by atoms with E-state index in [-0.39, 0.29) is 11.9 Å². The number of fused-ring (bicyclic) bond motifs is 1. The van der Waals surface area contributed by atoms with Crippen LogP contribution in [0.15, 0.2) is 72.8 Å². The van der Waals surface area contributed by atoms with E-state index < -0.39 is 6.10 Å². The first-order chi connectivity index (χ1) is 16.9. The fourth-order valence-electron chi connectivity index (χ4n) is 4.76. The van der Waals surface area contributed by atoms with Gasteiger partial charge in [-0.1, -0.05) is 66.2 Å². The second kappa shape index (κ2) is 11.5. The molecule has 0 saturated carbocycles. The summed E-state index contributed by atoms with van der Waals surface area (Å²) in [6, 6.07) is 25.9. The summed E-state index contributed by atoms with van der Waals surface area (Å²) in [6.45, 7) is 7.23. The van der Waals surface area contributed by atoms with Crippen LogP contribution in [-0.2, 0) is 17.8 Å². The fraction of sp³-hybridized carbons (Fsp3) is 0.367. The van der Waals surface area contributed by atoms with Gasteiger partial charge in [0.15, 0.2) is 6.10 Å². The average Bonchev–Trinajstić information content (AvgIpc) is 2.84. The number of ether oxygens (including phenoxy) is 1. The van der Waals surface area contributed by atoms with Gasteiger partial charge in [-0.05, 0) is 68.8 Å². The van der Waals surface area contributed by atoms with Crippen molar-refractivity contribution in [1.29, 1.82) is 0 Å². The molecule has 0 fully saturated rings. The third-order valence-corrected chi connectivity index (χ3v) is 6.57. The van der Waals surface area contributed by atoms with Gasteiger partial charge in [0.05, 0.1) is 6.04 Å². The largest absolute Gasteiger partial charge is 0.481 e. The average molecular weight is 472 g/mol. The van der Waals surface area contributed by atoms with Crippen LogP contribution in [-0.4, -0.2) is 55.5 Å². The highest BCUT2D eigenvalue weighted by Gasteiger charge is 2.29. The number of hydrogen-bond acceptors (Lipinski definition) is 4. The second-order valence-electron chi connectivity index (χ2n) is 9.74. The molecule has 0 aliphatic carbocycles. The first-order valence-corrected chi connectivity index (χ1v) is 12.5. The summed E-state index contributed by atoms with van der Waals surface area (Å²) in [6.07, 6.45) is 0.433. The highest BCUT2D eigenvalue weighted by atomic mass is 16.5. The molecular formula is C30H37N3O2. The van der Waals surface area contributed by atoms with Gasteiger partial charge < -0.3 is 15.0 Å². The molecule has 0 saturated heterocycles. The number of nitrogens with one attached hydrogen (secondary N) is 1. The number of rotatable bonds is 9. The lowest BCUT2D eigenvalue weighted by atomic mass is 9.87. The minimum Gasteiger partial charge on any atom is -0.481 e. The zero-order chi connectivity index (χ0) is 24.8. The van der Waals surface area contributed by atoms with Crippen molar-refractivity contribution in [2.24, 2.45) is 0 Å². The molecule has 0 unspecified atom stereocenters.